The first-order chi connectivity index (χ1) is 15.3. The standard InChI is InChI=1S/C28H32N2O2/c1-28(2,3)23-12-10-21(11-13-23)18-25-20-29(19-22-8-6-5-7-9-22)27(31)30(25)24-14-16-26(32-4)17-15-24/h5-17,25H,18-20H2,1-4H3/t25-/m1/s1. The zero-order chi connectivity index (χ0) is 22.7. The zero-order valence-corrected chi connectivity index (χ0v) is 19.4. The van der Waals surface area contributed by atoms with E-state index < -0.39 is 0 Å². The Morgan fingerprint density at radius 3 is 2.12 bits per heavy atom. The molecule has 1 heterocycles. The van der Waals surface area contributed by atoms with Gasteiger partial charge in [-0.15, -0.1) is 0 Å². The van der Waals surface area contributed by atoms with E-state index in [0.717, 1.165) is 23.4 Å². The minimum atomic E-state index is 0.0512. The molecule has 0 radical (unpaired) electrons. The molecule has 1 saturated heterocycles. The Balaban J connectivity index is 1.59. The SMILES string of the molecule is COc1ccc(N2C(=O)N(Cc3ccccc3)C[C@H]2Cc2ccc(C(C)(C)C)cc2)cc1. The maximum Gasteiger partial charge on any atom is 0.325 e. The first-order valence-corrected chi connectivity index (χ1v) is 11.2. The van der Waals surface area contributed by atoms with Crippen molar-refractivity contribution in [2.75, 3.05) is 18.6 Å². The fourth-order valence-electron chi connectivity index (χ4n) is 4.29. The molecule has 0 N–H and O–H groups in total. The topological polar surface area (TPSA) is 32.8 Å². The van der Waals surface area contributed by atoms with Crippen molar-refractivity contribution in [3.63, 3.8) is 0 Å². The van der Waals surface area contributed by atoms with Crippen molar-refractivity contribution in [3.05, 3.63) is 95.6 Å². The minimum Gasteiger partial charge on any atom is -0.497 e. The Hall–Kier alpha value is -3.27. The predicted molar refractivity (Wildman–Crippen MR) is 130 cm³/mol. The molecule has 0 spiro atoms. The largest absolute Gasteiger partial charge is 0.497 e. The van der Waals surface area contributed by atoms with Crippen LogP contribution in [0.25, 0.3) is 0 Å². The predicted octanol–water partition coefficient (Wildman–Crippen LogP) is 6.05. The highest BCUT2D eigenvalue weighted by Crippen LogP contribution is 2.30. The van der Waals surface area contributed by atoms with E-state index in [2.05, 4.69) is 57.2 Å². The third-order valence-corrected chi connectivity index (χ3v) is 6.13. The van der Waals surface area contributed by atoms with Gasteiger partial charge in [0.25, 0.3) is 0 Å². The summed E-state index contributed by atoms with van der Waals surface area (Å²) < 4.78 is 5.31. The molecular weight excluding hydrogens is 396 g/mol. The Labute approximate surface area is 191 Å². The fourth-order valence-corrected chi connectivity index (χ4v) is 4.29. The van der Waals surface area contributed by atoms with Gasteiger partial charge in [0.2, 0.25) is 0 Å². The Kier molecular flexibility index (Phi) is 6.22. The first kappa shape index (κ1) is 21.9. The number of benzene rings is 3. The molecule has 32 heavy (non-hydrogen) atoms. The number of hydrogen-bond acceptors (Lipinski definition) is 2. The number of hydrogen-bond donors (Lipinski definition) is 0. The average molecular weight is 429 g/mol. The fraction of sp³-hybridized carbons (Fsp3) is 0.321. The van der Waals surface area contributed by atoms with Gasteiger partial charge in [-0.05, 0) is 52.8 Å². The quantitative estimate of drug-likeness (QED) is 0.479. The molecule has 0 unspecified atom stereocenters. The van der Waals surface area contributed by atoms with E-state index in [4.69, 9.17) is 4.74 Å². The third-order valence-electron chi connectivity index (χ3n) is 6.13. The number of urea groups is 1. The van der Waals surface area contributed by atoms with Crippen molar-refractivity contribution < 1.29 is 9.53 Å². The number of rotatable bonds is 6. The lowest BCUT2D eigenvalue weighted by Gasteiger charge is -2.24. The van der Waals surface area contributed by atoms with Crippen LogP contribution in [-0.4, -0.2) is 30.6 Å². The average Bonchev–Trinajstić information content (AvgIpc) is 3.08. The second-order valence-corrected chi connectivity index (χ2v) is 9.52. The van der Waals surface area contributed by atoms with Crippen LogP contribution in [0.4, 0.5) is 10.5 Å². The van der Waals surface area contributed by atoms with Gasteiger partial charge >= 0.3 is 6.03 Å². The molecule has 0 aromatic heterocycles. The van der Waals surface area contributed by atoms with Crippen LogP contribution >= 0.6 is 0 Å². The van der Waals surface area contributed by atoms with Crippen LogP contribution in [0.5, 0.6) is 5.75 Å². The zero-order valence-electron chi connectivity index (χ0n) is 19.4. The molecule has 1 aliphatic heterocycles. The first-order valence-electron chi connectivity index (χ1n) is 11.2. The van der Waals surface area contributed by atoms with E-state index in [1.165, 1.54) is 11.1 Å². The summed E-state index contributed by atoms with van der Waals surface area (Å²) in [6, 6.07) is 26.9. The highest BCUT2D eigenvalue weighted by atomic mass is 16.5. The second kappa shape index (κ2) is 9.07. The van der Waals surface area contributed by atoms with Crippen molar-refractivity contribution >= 4 is 11.7 Å². The number of carbonyl (C=O) groups is 1. The van der Waals surface area contributed by atoms with Crippen molar-refractivity contribution in [3.8, 4) is 5.75 Å². The third kappa shape index (κ3) is 4.80. The van der Waals surface area contributed by atoms with Crippen LogP contribution in [0.2, 0.25) is 0 Å². The van der Waals surface area contributed by atoms with Crippen molar-refractivity contribution in [2.24, 2.45) is 0 Å². The number of carbonyl (C=O) groups excluding carboxylic acids is 1. The van der Waals surface area contributed by atoms with Gasteiger partial charge in [0.05, 0.1) is 13.2 Å². The number of ether oxygens (including phenoxy) is 1. The van der Waals surface area contributed by atoms with E-state index in [1.807, 2.05) is 52.3 Å². The van der Waals surface area contributed by atoms with Gasteiger partial charge in [0.1, 0.15) is 5.75 Å². The van der Waals surface area contributed by atoms with Crippen LogP contribution < -0.4 is 9.64 Å². The minimum absolute atomic E-state index is 0.0512. The summed E-state index contributed by atoms with van der Waals surface area (Å²) in [4.78, 5) is 17.4. The molecule has 4 rings (SSSR count). The second-order valence-electron chi connectivity index (χ2n) is 9.52. The summed E-state index contributed by atoms with van der Waals surface area (Å²) in [6.07, 6.45) is 0.813. The van der Waals surface area contributed by atoms with Crippen molar-refractivity contribution in [2.45, 2.75) is 45.2 Å². The Bertz CT molecular complexity index is 1040. The van der Waals surface area contributed by atoms with Crippen LogP contribution in [0.3, 0.4) is 0 Å². The monoisotopic (exact) mass is 428 g/mol. The van der Waals surface area contributed by atoms with Gasteiger partial charge in [0.15, 0.2) is 0 Å². The molecule has 4 heteroatoms. The van der Waals surface area contributed by atoms with Gasteiger partial charge in [-0.25, -0.2) is 4.79 Å². The molecule has 3 aromatic carbocycles. The summed E-state index contributed by atoms with van der Waals surface area (Å²) in [5.41, 5.74) is 4.74. The maximum atomic E-state index is 13.5. The molecule has 0 aliphatic carbocycles. The Morgan fingerprint density at radius 2 is 1.53 bits per heavy atom. The van der Waals surface area contributed by atoms with Gasteiger partial charge in [0, 0.05) is 18.8 Å². The van der Waals surface area contributed by atoms with Crippen molar-refractivity contribution in [1.82, 2.24) is 4.90 Å². The van der Waals surface area contributed by atoms with Gasteiger partial charge < -0.3 is 9.64 Å². The van der Waals surface area contributed by atoms with E-state index in [9.17, 15) is 4.79 Å². The number of anilines is 1. The summed E-state index contributed by atoms with van der Waals surface area (Å²) in [7, 11) is 1.65. The smallest absolute Gasteiger partial charge is 0.325 e. The lowest BCUT2D eigenvalue weighted by Crippen LogP contribution is -2.36. The molecule has 1 aliphatic rings. The molecule has 0 saturated carbocycles. The van der Waals surface area contributed by atoms with Crippen molar-refractivity contribution in [1.29, 1.82) is 0 Å². The van der Waals surface area contributed by atoms with Gasteiger partial charge in [-0.3, -0.25) is 4.90 Å². The van der Waals surface area contributed by atoms with E-state index in [1.54, 1.807) is 7.11 Å². The summed E-state index contributed by atoms with van der Waals surface area (Å²) in [6.45, 7) is 7.99. The molecule has 1 fully saturated rings. The number of amides is 2. The number of nitrogens with zero attached hydrogens (tertiary/aromatic N) is 2. The molecule has 166 valence electrons. The Morgan fingerprint density at radius 1 is 0.875 bits per heavy atom. The molecule has 0 bridgehead atoms. The molecule has 4 nitrogen and oxygen atoms in total. The molecule has 3 aromatic rings. The highest BCUT2D eigenvalue weighted by Gasteiger charge is 2.38. The summed E-state index contributed by atoms with van der Waals surface area (Å²) in [5, 5.41) is 0. The van der Waals surface area contributed by atoms with E-state index in [-0.39, 0.29) is 17.5 Å². The molecule has 2 amide bonds. The van der Waals surface area contributed by atoms with Gasteiger partial charge in [-0.1, -0.05) is 75.4 Å². The normalized spacial score (nSPS) is 16.5. The summed E-state index contributed by atoms with van der Waals surface area (Å²) in [5.74, 6) is 0.788. The molecular formula is C28H32N2O2. The van der Waals surface area contributed by atoms with Crippen LogP contribution in [0, 0.1) is 0 Å². The maximum absolute atomic E-state index is 13.5. The molecule has 1 atom stereocenters. The highest BCUT2D eigenvalue weighted by molar-refractivity contribution is 5.95. The van der Waals surface area contributed by atoms with Crippen LogP contribution in [-0.2, 0) is 18.4 Å². The van der Waals surface area contributed by atoms with E-state index >= 15 is 0 Å². The van der Waals surface area contributed by atoms with Crippen LogP contribution in [0.1, 0.15) is 37.5 Å². The van der Waals surface area contributed by atoms with Crippen LogP contribution in [0.15, 0.2) is 78.9 Å². The number of methoxy groups -OCH3 is 1. The van der Waals surface area contributed by atoms with E-state index in [0.29, 0.717) is 13.1 Å². The lowest BCUT2D eigenvalue weighted by atomic mass is 9.86. The lowest BCUT2D eigenvalue weighted by molar-refractivity contribution is 0.218. The van der Waals surface area contributed by atoms with Gasteiger partial charge in [-0.2, -0.15) is 0 Å². The summed E-state index contributed by atoms with van der Waals surface area (Å²) >= 11 is 0.